The summed E-state index contributed by atoms with van der Waals surface area (Å²) < 4.78 is 0. The first-order chi connectivity index (χ1) is 8.68. The number of hydrogen-bond acceptors (Lipinski definition) is 2. The highest BCUT2D eigenvalue weighted by Crippen LogP contribution is 2.30. The standard InChI is InChI=1S/C16H19NO.ClH/c1-17(2)12-11-15-14(9-6-10-16(15)18)13-7-4-3-5-8-13;/h3-10,18H,11-12H2,1-2H3;1H. The highest BCUT2D eigenvalue weighted by atomic mass is 35.5. The van der Waals surface area contributed by atoms with Gasteiger partial charge >= 0.3 is 0 Å². The number of aromatic hydroxyl groups is 1. The van der Waals surface area contributed by atoms with E-state index in [9.17, 15) is 5.11 Å². The van der Waals surface area contributed by atoms with Crippen molar-refractivity contribution in [1.29, 1.82) is 0 Å². The number of hydrogen-bond donors (Lipinski definition) is 1. The van der Waals surface area contributed by atoms with Gasteiger partial charge in [0.05, 0.1) is 0 Å². The highest BCUT2D eigenvalue weighted by molar-refractivity contribution is 5.85. The third-order valence-corrected chi connectivity index (χ3v) is 3.05. The van der Waals surface area contributed by atoms with Gasteiger partial charge in [-0.25, -0.2) is 0 Å². The Morgan fingerprint density at radius 1 is 0.947 bits per heavy atom. The summed E-state index contributed by atoms with van der Waals surface area (Å²) in [6, 6.07) is 15.9. The molecule has 1 N–H and O–H groups in total. The lowest BCUT2D eigenvalue weighted by molar-refractivity contribution is 0.406. The minimum Gasteiger partial charge on any atom is -0.508 e. The summed E-state index contributed by atoms with van der Waals surface area (Å²) in [6.45, 7) is 0.928. The van der Waals surface area contributed by atoms with E-state index in [0.29, 0.717) is 5.75 Å². The van der Waals surface area contributed by atoms with Gasteiger partial charge in [0.2, 0.25) is 0 Å². The molecule has 0 aliphatic carbocycles. The second-order valence-electron chi connectivity index (χ2n) is 4.72. The molecule has 0 aromatic heterocycles. The van der Waals surface area contributed by atoms with Crippen LogP contribution in [0.25, 0.3) is 11.1 Å². The monoisotopic (exact) mass is 277 g/mol. The van der Waals surface area contributed by atoms with Crippen LogP contribution in [0.1, 0.15) is 5.56 Å². The molecule has 2 aromatic carbocycles. The van der Waals surface area contributed by atoms with Crippen LogP contribution < -0.4 is 0 Å². The minimum atomic E-state index is 0. The predicted molar refractivity (Wildman–Crippen MR) is 83.0 cm³/mol. The summed E-state index contributed by atoms with van der Waals surface area (Å²) in [7, 11) is 4.09. The number of nitrogens with zero attached hydrogens (tertiary/aromatic N) is 1. The van der Waals surface area contributed by atoms with Gasteiger partial charge in [0.1, 0.15) is 5.75 Å². The Morgan fingerprint density at radius 3 is 2.26 bits per heavy atom. The Balaban J connectivity index is 0.00000180. The second-order valence-corrected chi connectivity index (χ2v) is 4.72. The molecular weight excluding hydrogens is 258 g/mol. The van der Waals surface area contributed by atoms with Gasteiger partial charge in [-0.3, -0.25) is 0 Å². The van der Waals surface area contributed by atoms with Crippen LogP contribution in [0.15, 0.2) is 48.5 Å². The molecule has 0 saturated heterocycles. The SMILES string of the molecule is CN(C)CCc1c(O)cccc1-c1ccccc1.Cl. The molecule has 0 spiro atoms. The van der Waals surface area contributed by atoms with E-state index in [1.165, 1.54) is 0 Å². The molecule has 0 aliphatic rings. The van der Waals surface area contributed by atoms with E-state index < -0.39 is 0 Å². The van der Waals surface area contributed by atoms with Crippen LogP contribution in [0, 0.1) is 0 Å². The maximum atomic E-state index is 10.0. The fraction of sp³-hybridized carbons (Fsp3) is 0.250. The second kappa shape index (κ2) is 7.17. The topological polar surface area (TPSA) is 23.5 Å². The van der Waals surface area contributed by atoms with Gasteiger partial charge in [0.15, 0.2) is 0 Å². The Hall–Kier alpha value is -1.51. The van der Waals surface area contributed by atoms with Crippen molar-refractivity contribution in [3.8, 4) is 16.9 Å². The molecule has 0 aliphatic heterocycles. The normalized spacial score (nSPS) is 10.3. The van der Waals surface area contributed by atoms with E-state index >= 15 is 0 Å². The van der Waals surface area contributed by atoms with Crippen LogP contribution >= 0.6 is 12.4 Å². The molecular formula is C16H20ClNO. The molecule has 2 nitrogen and oxygen atoms in total. The number of benzene rings is 2. The molecule has 0 heterocycles. The third kappa shape index (κ3) is 3.98. The van der Waals surface area contributed by atoms with Gasteiger partial charge in [-0.15, -0.1) is 12.4 Å². The quantitative estimate of drug-likeness (QED) is 0.923. The van der Waals surface area contributed by atoms with Crippen molar-refractivity contribution in [1.82, 2.24) is 4.90 Å². The van der Waals surface area contributed by atoms with Gasteiger partial charge < -0.3 is 10.0 Å². The Labute approximate surface area is 121 Å². The molecule has 102 valence electrons. The highest BCUT2D eigenvalue weighted by Gasteiger charge is 2.09. The van der Waals surface area contributed by atoms with Crippen molar-refractivity contribution in [2.24, 2.45) is 0 Å². The smallest absolute Gasteiger partial charge is 0.119 e. The lowest BCUT2D eigenvalue weighted by Gasteiger charge is -2.14. The van der Waals surface area contributed by atoms with E-state index in [2.05, 4.69) is 23.1 Å². The maximum absolute atomic E-state index is 10.0. The lowest BCUT2D eigenvalue weighted by Crippen LogP contribution is -2.15. The van der Waals surface area contributed by atoms with E-state index in [1.54, 1.807) is 6.07 Å². The van der Waals surface area contributed by atoms with Crippen LogP contribution in [0.2, 0.25) is 0 Å². The molecule has 19 heavy (non-hydrogen) atoms. The van der Waals surface area contributed by atoms with E-state index in [0.717, 1.165) is 29.7 Å². The molecule has 0 fully saturated rings. The Kier molecular flexibility index (Phi) is 5.87. The van der Waals surface area contributed by atoms with Gasteiger partial charge in [-0.2, -0.15) is 0 Å². The van der Waals surface area contributed by atoms with E-state index in [-0.39, 0.29) is 12.4 Å². The van der Waals surface area contributed by atoms with Crippen LogP contribution in [-0.4, -0.2) is 30.6 Å². The van der Waals surface area contributed by atoms with Crippen molar-refractivity contribution in [2.45, 2.75) is 6.42 Å². The van der Waals surface area contributed by atoms with Crippen molar-refractivity contribution in [2.75, 3.05) is 20.6 Å². The van der Waals surface area contributed by atoms with Crippen molar-refractivity contribution in [3.63, 3.8) is 0 Å². The summed E-state index contributed by atoms with van der Waals surface area (Å²) >= 11 is 0. The largest absolute Gasteiger partial charge is 0.508 e. The molecule has 0 unspecified atom stereocenters. The predicted octanol–water partition coefficient (Wildman–Crippen LogP) is 3.59. The summed E-state index contributed by atoms with van der Waals surface area (Å²) in [5.41, 5.74) is 3.30. The molecule has 2 aromatic rings. The lowest BCUT2D eigenvalue weighted by atomic mass is 9.97. The van der Waals surface area contributed by atoms with Crippen LogP contribution in [0.5, 0.6) is 5.75 Å². The number of phenols is 1. The average molecular weight is 278 g/mol. The van der Waals surface area contributed by atoms with Gasteiger partial charge in [0.25, 0.3) is 0 Å². The number of halogens is 1. The summed E-state index contributed by atoms with van der Waals surface area (Å²) in [4.78, 5) is 2.13. The summed E-state index contributed by atoms with van der Waals surface area (Å²) in [6.07, 6.45) is 0.851. The van der Waals surface area contributed by atoms with Crippen molar-refractivity contribution in [3.05, 3.63) is 54.1 Å². The fourth-order valence-electron chi connectivity index (χ4n) is 2.06. The van der Waals surface area contributed by atoms with Crippen molar-refractivity contribution >= 4 is 12.4 Å². The third-order valence-electron chi connectivity index (χ3n) is 3.05. The number of rotatable bonds is 4. The van der Waals surface area contributed by atoms with Gasteiger partial charge in [-0.05, 0) is 37.7 Å². The van der Waals surface area contributed by atoms with E-state index in [4.69, 9.17) is 0 Å². The molecule has 3 heteroatoms. The van der Waals surface area contributed by atoms with E-state index in [1.807, 2.05) is 38.4 Å². The summed E-state index contributed by atoms with van der Waals surface area (Å²) in [5, 5.41) is 10.0. The Bertz CT molecular complexity index is 511. The molecule has 0 bridgehead atoms. The molecule has 2 rings (SSSR count). The maximum Gasteiger partial charge on any atom is 0.119 e. The zero-order valence-electron chi connectivity index (χ0n) is 11.3. The average Bonchev–Trinajstić information content (AvgIpc) is 2.38. The molecule has 0 atom stereocenters. The fourth-order valence-corrected chi connectivity index (χ4v) is 2.06. The minimum absolute atomic E-state index is 0. The number of phenolic OH excluding ortho intramolecular Hbond substituents is 1. The van der Waals surface area contributed by atoms with Crippen LogP contribution in [0.3, 0.4) is 0 Å². The van der Waals surface area contributed by atoms with Crippen LogP contribution in [0.4, 0.5) is 0 Å². The molecule has 0 radical (unpaired) electrons. The van der Waals surface area contributed by atoms with Crippen LogP contribution in [-0.2, 0) is 6.42 Å². The van der Waals surface area contributed by atoms with Gasteiger partial charge in [0, 0.05) is 12.1 Å². The molecule has 0 amide bonds. The van der Waals surface area contributed by atoms with Crippen molar-refractivity contribution < 1.29 is 5.11 Å². The Morgan fingerprint density at radius 2 is 1.63 bits per heavy atom. The number of likely N-dealkylation sites (N-methyl/N-ethyl adjacent to an activating group) is 1. The summed E-state index contributed by atoms with van der Waals surface area (Å²) in [5.74, 6) is 0.387. The van der Waals surface area contributed by atoms with Gasteiger partial charge in [-0.1, -0.05) is 42.5 Å². The molecule has 0 saturated carbocycles. The first-order valence-electron chi connectivity index (χ1n) is 6.19. The first kappa shape index (κ1) is 15.5. The zero-order valence-corrected chi connectivity index (χ0v) is 12.2. The zero-order chi connectivity index (χ0) is 13.0. The first-order valence-corrected chi connectivity index (χ1v) is 6.19.